The maximum absolute atomic E-state index is 11.0. The average molecular weight is 264 g/mol. The number of nitro groups is 1. The molecule has 0 saturated carbocycles. The molecule has 0 spiro atoms. The summed E-state index contributed by atoms with van der Waals surface area (Å²) >= 11 is 0. The van der Waals surface area contributed by atoms with E-state index in [1.165, 1.54) is 13.2 Å². The summed E-state index contributed by atoms with van der Waals surface area (Å²) in [7, 11) is 1.53. The number of hydrogen-bond donors (Lipinski definition) is 0. The van der Waals surface area contributed by atoms with Gasteiger partial charge in [0.15, 0.2) is 5.90 Å². The Morgan fingerprint density at radius 1 is 1.53 bits per heavy atom. The molecule has 102 valence electrons. The zero-order valence-corrected chi connectivity index (χ0v) is 11.2. The molecule has 0 atom stereocenters. The highest BCUT2D eigenvalue weighted by Gasteiger charge is 2.27. The highest BCUT2D eigenvalue weighted by Crippen LogP contribution is 2.27. The van der Waals surface area contributed by atoms with Crippen molar-refractivity contribution in [3.05, 3.63) is 33.9 Å². The molecule has 1 aromatic carbocycles. The van der Waals surface area contributed by atoms with Crippen molar-refractivity contribution in [3.63, 3.8) is 0 Å². The lowest BCUT2D eigenvalue weighted by molar-refractivity contribution is -0.385. The van der Waals surface area contributed by atoms with E-state index in [0.29, 0.717) is 30.2 Å². The quantitative estimate of drug-likeness (QED) is 0.618. The van der Waals surface area contributed by atoms with Crippen molar-refractivity contribution in [3.8, 4) is 5.75 Å². The summed E-state index contributed by atoms with van der Waals surface area (Å²) in [4.78, 5) is 15.0. The number of nitro benzene ring substituents is 1. The summed E-state index contributed by atoms with van der Waals surface area (Å²) in [5.41, 5.74) is 0.334. The Labute approximate surface area is 111 Å². The van der Waals surface area contributed by atoms with Gasteiger partial charge in [0.2, 0.25) is 0 Å². The second-order valence-electron chi connectivity index (χ2n) is 5.04. The number of rotatable bonds is 4. The smallest absolute Gasteiger partial charge is 0.273 e. The van der Waals surface area contributed by atoms with Gasteiger partial charge >= 0.3 is 0 Å². The number of aliphatic imine (C=N–C) groups is 1. The van der Waals surface area contributed by atoms with Gasteiger partial charge in [-0.05, 0) is 26.0 Å². The third-order valence-electron chi connectivity index (χ3n) is 2.84. The van der Waals surface area contributed by atoms with Crippen LogP contribution in [0.2, 0.25) is 0 Å². The van der Waals surface area contributed by atoms with Crippen LogP contribution in [0.4, 0.5) is 5.69 Å². The van der Waals surface area contributed by atoms with E-state index in [1.807, 2.05) is 13.8 Å². The predicted octanol–water partition coefficient (Wildman–Crippen LogP) is 2.35. The molecular weight excluding hydrogens is 248 g/mol. The molecule has 0 N–H and O–H groups in total. The first kappa shape index (κ1) is 13.3. The van der Waals surface area contributed by atoms with Crippen molar-refractivity contribution in [2.75, 3.05) is 13.7 Å². The fraction of sp³-hybridized carbons (Fsp3) is 0.462. The van der Waals surface area contributed by atoms with Gasteiger partial charge in [-0.1, -0.05) is 0 Å². The molecule has 0 unspecified atom stereocenters. The van der Waals surface area contributed by atoms with Crippen LogP contribution in [-0.2, 0) is 11.2 Å². The minimum atomic E-state index is -0.407. The second-order valence-corrected chi connectivity index (χ2v) is 5.04. The summed E-state index contributed by atoms with van der Waals surface area (Å²) < 4.78 is 10.6. The van der Waals surface area contributed by atoms with Crippen molar-refractivity contribution >= 4 is 11.6 Å². The lowest BCUT2D eigenvalue weighted by Crippen LogP contribution is -2.17. The first-order chi connectivity index (χ1) is 8.91. The second kappa shape index (κ2) is 4.87. The predicted molar refractivity (Wildman–Crippen MR) is 70.8 cm³/mol. The zero-order chi connectivity index (χ0) is 14.0. The van der Waals surface area contributed by atoms with Gasteiger partial charge < -0.3 is 9.47 Å². The van der Waals surface area contributed by atoms with Gasteiger partial charge in [0.1, 0.15) is 12.4 Å². The van der Waals surface area contributed by atoms with Crippen LogP contribution in [0.5, 0.6) is 5.75 Å². The van der Waals surface area contributed by atoms with Crippen LogP contribution < -0.4 is 4.74 Å². The summed E-state index contributed by atoms with van der Waals surface area (Å²) in [6.07, 6.45) is 0.303. The average Bonchev–Trinajstić information content (AvgIpc) is 2.68. The van der Waals surface area contributed by atoms with Crippen molar-refractivity contribution in [2.24, 2.45) is 4.99 Å². The summed E-state index contributed by atoms with van der Waals surface area (Å²) in [6, 6.07) is 4.66. The monoisotopic (exact) mass is 264 g/mol. The molecule has 1 aliphatic rings. The van der Waals surface area contributed by atoms with E-state index in [1.54, 1.807) is 12.1 Å². The Hall–Kier alpha value is -2.11. The van der Waals surface area contributed by atoms with Gasteiger partial charge in [-0.3, -0.25) is 10.1 Å². The molecule has 0 fully saturated rings. The molecule has 1 heterocycles. The molecule has 1 aromatic rings. The van der Waals surface area contributed by atoms with Gasteiger partial charge in [0, 0.05) is 11.6 Å². The molecule has 0 bridgehead atoms. The number of methoxy groups -OCH3 is 1. The van der Waals surface area contributed by atoms with Gasteiger partial charge in [-0.2, -0.15) is 0 Å². The van der Waals surface area contributed by atoms with Crippen molar-refractivity contribution in [1.82, 2.24) is 0 Å². The molecular formula is C13H16N2O4. The maximum atomic E-state index is 11.0. The van der Waals surface area contributed by atoms with Crippen LogP contribution in [0.15, 0.2) is 23.2 Å². The highest BCUT2D eigenvalue weighted by atomic mass is 16.6. The first-order valence-electron chi connectivity index (χ1n) is 5.94. The minimum absolute atomic E-state index is 0.0526. The molecule has 0 aromatic heterocycles. The molecule has 0 aliphatic carbocycles. The van der Waals surface area contributed by atoms with E-state index < -0.39 is 4.92 Å². The number of nitrogens with zero attached hydrogens (tertiary/aromatic N) is 2. The molecule has 0 amide bonds. The number of benzene rings is 1. The SMILES string of the molecule is COc1ccc([N+](=O)[O-])c(CC2=NC(C)(C)CO2)c1. The Morgan fingerprint density at radius 3 is 2.79 bits per heavy atom. The lowest BCUT2D eigenvalue weighted by Gasteiger charge is -2.07. The van der Waals surface area contributed by atoms with Gasteiger partial charge in [-0.25, -0.2) is 4.99 Å². The Kier molecular flexibility index (Phi) is 3.42. The summed E-state index contributed by atoms with van der Waals surface area (Å²) in [6.45, 7) is 4.42. The number of hydrogen-bond acceptors (Lipinski definition) is 5. The van der Waals surface area contributed by atoms with Crippen molar-refractivity contribution in [2.45, 2.75) is 25.8 Å². The summed E-state index contributed by atoms with van der Waals surface area (Å²) in [5, 5.41) is 11.0. The number of ether oxygens (including phenoxy) is 2. The molecule has 6 nitrogen and oxygen atoms in total. The van der Waals surface area contributed by atoms with E-state index in [4.69, 9.17) is 9.47 Å². The maximum Gasteiger partial charge on any atom is 0.273 e. The van der Waals surface area contributed by atoms with E-state index in [0.717, 1.165) is 0 Å². The lowest BCUT2D eigenvalue weighted by atomic mass is 10.1. The van der Waals surface area contributed by atoms with E-state index in [-0.39, 0.29) is 11.2 Å². The third-order valence-corrected chi connectivity index (χ3v) is 2.84. The van der Waals surface area contributed by atoms with Gasteiger partial charge in [0.05, 0.1) is 24.0 Å². The van der Waals surface area contributed by atoms with E-state index in [9.17, 15) is 10.1 Å². The van der Waals surface area contributed by atoms with Crippen molar-refractivity contribution in [1.29, 1.82) is 0 Å². The molecule has 1 aliphatic heterocycles. The Morgan fingerprint density at radius 2 is 2.26 bits per heavy atom. The normalized spacial score (nSPS) is 16.7. The molecule has 0 saturated heterocycles. The molecule has 19 heavy (non-hydrogen) atoms. The Bertz CT molecular complexity index is 537. The zero-order valence-electron chi connectivity index (χ0n) is 11.2. The van der Waals surface area contributed by atoms with Crippen LogP contribution in [0.1, 0.15) is 19.4 Å². The standard InChI is InChI=1S/C13H16N2O4/c1-13(2)8-19-12(14-13)7-9-6-10(18-3)4-5-11(9)15(16)17/h4-6H,7-8H2,1-3H3. The first-order valence-corrected chi connectivity index (χ1v) is 5.94. The summed E-state index contributed by atoms with van der Waals surface area (Å²) in [5.74, 6) is 1.11. The minimum Gasteiger partial charge on any atom is -0.497 e. The molecule has 0 radical (unpaired) electrons. The van der Waals surface area contributed by atoms with Gasteiger partial charge in [0.25, 0.3) is 5.69 Å². The fourth-order valence-electron chi connectivity index (χ4n) is 1.92. The molecule has 6 heteroatoms. The van der Waals surface area contributed by atoms with Crippen LogP contribution >= 0.6 is 0 Å². The third kappa shape index (κ3) is 3.01. The van der Waals surface area contributed by atoms with E-state index in [2.05, 4.69) is 4.99 Å². The van der Waals surface area contributed by atoms with Crippen molar-refractivity contribution < 1.29 is 14.4 Å². The Balaban J connectivity index is 2.30. The van der Waals surface area contributed by atoms with Crippen LogP contribution in [-0.4, -0.2) is 30.1 Å². The van der Waals surface area contributed by atoms with Crippen LogP contribution in [0, 0.1) is 10.1 Å². The van der Waals surface area contributed by atoms with E-state index >= 15 is 0 Å². The molecule has 2 rings (SSSR count). The van der Waals surface area contributed by atoms with Crippen LogP contribution in [0.3, 0.4) is 0 Å². The largest absolute Gasteiger partial charge is 0.497 e. The van der Waals surface area contributed by atoms with Crippen LogP contribution in [0.25, 0.3) is 0 Å². The fourth-order valence-corrected chi connectivity index (χ4v) is 1.92. The topological polar surface area (TPSA) is 74.0 Å². The van der Waals surface area contributed by atoms with Gasteiger partial charge in [-0.15, -0.1) is 0 Å². The highest BCUT2D eigenvalue weighted by molar-refractivity contribution is 5.81.